The van der Waals surface area contributed by atoms with Gasteiger partial charge in [0.25, 0.3) is 0 Å². The van der Waals surface area contributed by atoms with Gasteiger partial charge in [0.05, 0.1) is 18.8 Å². The number of ether oxygens (including phenoxy) is 2. The van der Waals surface area contributed by atoms with Crippen molar-refractivity contribution in [2.45, 2.75) is 32.5 Å². The molecule has 3 unspecified atom stereocenters. The Kier molecular flexibility index (Phi) is 6.35. The maximum atomic E-state index is 5.87. The third-order valence-electron chi connectivity index (χ3n) is 3.82. The van der Waals surface area contributed by atoms with Crippen molar-refractivity contribution < 1.29 is 9.47 Å². The Hall–Kier alpha value is 0.130. The van der Waals surface area contributed by atoms with Crippen molar-refractivity contribution in [3.8, 4) is 0 Å². The first-order valence-electron chi connectivity index (χ1n) is 6.69. The zero-order valence-electron chi connectivity index (χ0n) is 11.8. The molecule has 2 saturated heterocycles. The van der Waals surface area contributed by atoms with Crippen LogP contribution in [0.15, 0.2) is 0 Å². The highest BCUT2D eigenvalue weighted by molar-refractivity contribution is 5.85. The van der Waals surface area contributed by atoms with Crippen molar-refractivity contribution in [1.82, 2.24) is 10.2 Å². The first-order chi connectivity index (χ1) is 8.11. The predicted molar refractivity (Wildman–Crippen MR) is 75.5 cm³/mol. The van der Waals surface area contributed by atoms with Crippen molar-refractivity contribution in [2.75, 3.05) is 46.4 Å². The summed E-state index contributed by atoms with van der Waals surface area (Å²) in [5.41, 5.74) is 0.439. The third kappa shape index (κ3) is 4.35. The van der Waals surface area contributed by atoms with Crippen molar-refractivity contribution in [2.24, 2.45) is 5.41 Å². The zero-order chi connectivity index (χ0) is 12.3. The molecule has 0 aromatic rings. The van der Waals surface area contributed by atoms with Crippen LogP contribution in [0.3, 0.4) is 0 Å². The van der Waals surface area contributed by atoms with E-state index in [1.54, 1.807) is 7.11 Å². The Morgan fingerprint density at radius 2 is 2.22 bits per heavy atom. The highest BCUT2D eigenvalue weighted by Gasteiger charge is 2.34. The van der Waals surface area contributed by atoms with Crippen molar-refractivity contribution in [3.05, 3.63) is 0 Å². The number of morpholine rings is 1. The molecular weight excluding hydrogens is 252 g/mol. The summed E-state index contributed by atoms with van der Waals surface area (Å²) >= 11 is 0. The van der Waals surface area contributed by atoms with Gasteiger partial charge in [0, 0.05) is 33.3 Å². The fourth-order valence-corrected chi connectivity index (χ4v) is 3.09. The molecule has 0 saturated carbocycles. The van der Waals surface area contributed by atoms with Crippen LogP contribution in [-0.2, 0) is 9.47 Å². The van der Waals surface area contributed by atoms with E-state index < -0.39 is 0 Å². The largest absolute Gasteiger partial charge is 0.382 e. The minimum Gasteiger partial charge on any atom is -0.382 e. The lowest BCUT2D eigenvalue weighted by molar-refractivity contribution is -0.106. The molecule has 0 aromatic heterocycles. The van der Waals surface area contributed by atoms with E-state index in [-0.39, 0.29) is 18.5 Å². The molecule has 0 amide bonds. The minimum absolute atomic E-state index is 0. The van der Waals surface area contributed by atoms with Crippen LogP contribution >= 0.6 is 12.4 Å². The molecule has 0 bridgehead atoms. The average molecular weight is 279 g/mol. The van der Waals surface area contributed by atoms with Gasteiger partial charge < -0.3 is 14.8 Å². The van der Waals surface area contributed by atoms with Crippen LogP contribution in [0, 0.1) is 5.41 Å². The standard InChI is InChI=1S/C13H26N2O2.ClH/c1-11-6-15(7-12(17-11)8-16-3)10-13(2)4-5-14-9-13;/h11-12,14H,4-10H2,1-3H3;1H. The Balaban J connectivity index is 0.00000162. The van der Waals surface area contributed by atoms with Crippen LogP contribution < -0.4 is 5.32 Å². The summed E-state index contributed by atoms with van der Waals surface area (Å²) in [5.74, 6) is 0. The van der Waals surface area contributed by atoms with Crippen LogP contribution in [0.2, 0.25) is 0 Å². The van der Waals surface area contributed by atoms with Crippen molar-refractivity contribution in [3.63, 3.8) is 0 Å². The van der Waals surface area contributed by atoms with Gasteiger partial charge >= 0.3 is 0 Å². The molecule has 18 heavy (non-hydrogen) atoms. The summed E-state index contributed by atoms with van der Waals surface area (Å²) in [6, 6.07) is 0. The summed E-state index contributed by atoms with van der Waals surface area (Å²) < 4.78 is 11.1. The van der Waals surface area contributed by atoms with Gasteiger partial charge in [-0.3, -0.25) is 4.90 Å². The van der Waals surface area contributed by atoms with E-state index in [1.165, 1.54) is 13.0 Å². The topological polar surface area (TPSA) is 33.7 Å². The number of nitrogens with zero attached hydrogens (tertiary/aromatic N) is 1. The molecule has 2 aliphatic heterocycles. The van der Waals surface area contributed by atoms with Crippen LogP contribution in [0.1, 0.15) is 20.3 Å². The lowest BCUT2D eigenvalue weighted by atomic mass is 9.89. The van der Waals surface area contributed by atoms with Gasteiger partial charge in [-0.1, -0.05) is 6.92 Å². The second kappa shape index (κ2) is 7.06. The van der Waals surface area contributed by atoms with E-state index >= 15 is 0 Å². The van der Waals surface area contributed by atoms with Gasteiger partial charge in [0.1, 0.15) is 0 Å². The lowest BCUT2D eigenvalue weighted by Crippen LogP contribution is -2.51. The van der Waals surface area contributed by atoms with Crippen LogP contribution in [0.25, 0.3) is 0 Å². The lowest BCUT2D eigenvalue weighted by Gasteiger charge is -2.40. The molecule has 4 nitrogen and oxygen atoms in total. The summed E-state index contributed by atoms with van der Waals surface area (Å²) in [5, 5.41) is 3.47. The summed E-state index contributed by atoms with van der Waals surface area (Å²) in [6.45, 7) is 10.8. The molecule has 0 radical (unpaired) electrons. The molecule has 108 valence electrons. The smallest absolute Gasteiger partial charge is 0.0939 e. The first kappa shape index (κ1) is 16.2. The SMILES string of the molecule is COCC1CN(CC2(C)CCNC2)CC(C)O1.Cl. The molecule has 2 aliphatic rings. The van der Waals surface area contributed by atoms with Gasteiger partial charge in [-0.2, -0.15) is 0 Å². The van der Waals surface area contributed by atoms with Crippen LogP contribution in [0.4, 0.5) is 0 Å². The highest BCUT2D eigenvalue weighted by atomic mass is 35.5. The van der Waals surface area contributed by atoms with Gasteiger partial charge in [-0.15, -0.1) is 12.4 Å². The van der Waals surface area contributed by atoms with Gasteiger partial charge in [-0.25, -0.2) is 0 Å². The number of hydrogen-bond acceptors (Lipinski definition) is 4. The summed E-state index contributed by atoms with van der Waals surface area (Å²) in [6.07, 6.45) is 1.84. The monoisotopic (exact) mass is 278 g/mol. The number of nitrogens with one attached hydrogen (secondary N) is 1. The summed E-state index contributed by atoms with van der Waals surface area (Å²) in [4.78, 5) is 2.55. The number of methoxy groups -OCH3 is 1. The van der Waals surface area contributed by atoms with E-state index in [9.17, 15) is 0 Å². The van der Waals surface area contributed by atoms with Crippen LogP contribution in [0.5, 0.6) is 0 Å². The molecule has 3 atom stereocenters. The Morgan fingerprint density at radius 3 is 2.83 bits per heavy atom. The van der Waals surface area contributed by atoms with Crippen molar-refractivity contribution >= 4 is 12.4 Å². The highest BCUT2D eigenvalue weighted by Crippen LogP contribution is 2.27. The number of halogens is 1. The Bertz CT molecular complexity index is 247. The van der Waals surface area contributed by atoms with E-state index in [0.29, 0.717) is 18.1 Å². The second-order valence-corrected chi connectivity index (χ2v) is 5.96. The molecule has 0 spiro atoms. The summed E-state index contributed by atoms with van der Waals surface area (Å²) in [7, 11) is 1.75. The first-order valence-corrected chi connectivity index (χ1v) is 6.69. The fourth-order valence-electron chi connectivity index (χ4n) is 3.09. The van der Waals surface area contributed by atoms with E-state index in [0.717, 1.165) is 26.2 Å². The number of rotatable bonds is 4. The van der Waals surface area contributed by atoms with E-state index in [2.05, 4.69) is 24.1 Å². The molecule has 2 fully saturated rings. The van der Waals surface area contributed by atoms with E-state index in [1.807, 2.05) is 0 Å². The zero-order valence-corrected chi connectivity index (χ0v) is 12.6. The minimum atomic E-state index is 0. The average Bonchev–Trinajstić information content (AvgIpc) is 2.64. The van der Waals surface area contributed by atoms with Gasteiger partial charge in [-0.05, 0) is 25.3 Å². The molecule has 2 rings (SSSR count). The van der Waals surface area contributed by atoms with E-state index in [4.69, 9.17) is 9.47 Å². The fraction of sp³-hybridized carbons (Fsp3) is 1.00. The molecule has 5 heteroatoms. The Morgan fingerprint density at radius 1 is 1.44 bits per heavy atom. The molecule has 2 heterocycles. The van der Waals surface area contributed by atoms with Crippen molar-refractivity contribution in [1.29, 1.82) is 0 Å². The molecular formula is C13H27ClN2O2. The van der Waals surface area contributed by atoms with Crippen LogP contribution in [-0.4, -0.2) is 63.5 Å². The quantitative estimate of drug-likeness (QED) is 0.836. The second-order valence-electron chi connectivity index (χ2n) is 5.96. The Labute approximate surface area is 117 Å². The molecule has 0 aliphatic carbocycles. The van der Waals surface area contributed by atoms with Gasteiger partial charge in [0.15, 0.2) is 0 Å². The predicted octanol–water partition coefficient (Wildman–Crippen LogP) is 1.14. The third-order valence-corrected chi connectivity index (χ3v) is 3.82. The van der Waals surface area contributed by atoms with Gasteiger partial charge in [0.2, 0.25) is 0 Å². The normalized spacial score (nSPS) is 37.5. The molecule has 1 N–H and O–H groups in total. The number of hydrogen-bond donors (Lipinski definition) is 1. The maximum absolute atomic E-state index is 5.87. The molecule has 0 aromatic carbocycles. The maximum Gasteiger partial charge on any atom is 0.0939 e.